The van der Waals surface area contributed by atoms with Gasteiger partial charge in [0.25, 0.3) is 0 Å². The Balaban J connectivity index is 3.18. The topological polar surface area (TPSA) is 43.1 Å². The summed E-state index contributed by atoms with van der Waals surface area (Å²) in [5.41, 5.74) is 8.14. The fourth-order valence-corrected chi connectivity index (χ4v) is 1.45. The van der Waals surface area contributed by atoms with Crippen LogP contribution in [0.1, 0.15) is 35.3 Å². The van der Waals surface area contributed by atoms with Gasteiger partial charge in [0.1, 0.15) is 0 Å². The van der Waals surface area contributed by atoms with Crippen LogP contribution >= 0.6 is 0 Å². The summed E-state index contributed by atoms with van der Waals surface area (Å²) in [4.78, 5) is 12.2. The van der Waals surface area contributed by atoms with Crippen LogP contribution in [0.15, 0.2) is 18.2 Å². The molecule has 0 radical (unpaired) electrons. The van der Waals surface area contributed by atoms with E-state index in [0.29, 0.717) is 6.54 Å². The number of nitrogens with two attached hydrogens (primary N) is 1. The van der Waals surface area contributed by atoms with E-state index in [2.05, 4.69) is 0 Å². The van der Waals surface area contributed by atoms with Gasteiger partial charge < -0.3 is 5.73 Å². The molecule has 0 saturated heterocycles. The molecule has 2 N–H and O–H groups in total. The summed E-state index contributed by atoms with van der Waals surface area (Å²) < 4.78 is 0. The third kappa shape index (κ3) is 2.26. The number of aryl methyl sites for hydroxylation is 1. The molecular formula is C13H19NO. The molecule has 0 unspecified atom stereocenters. The molecule has 1 aromatic rings. The largest absolute Gasteiger partial charge is 0.329 e. The molecule has 0 amide bonds. The zero-order valence-corrected chi connectivity index (χ0v) is 9.92. The summed E-state index contributed by atoms with van der Waals surface area (Å²) in [5, 5.41) is 0. The van der Waals surface area contributed by atoms with E-state index in [1.807, 2.05) is 45.9 Å². The van der Waals surface area contributed by atoms with Crippen LogP contribution in [0.3, 0.4) is 0 Å². The Morgan fingerprint density at radius 1 is 1.33 bits per heavy atom. The van der Waals surface area contributed by atoms with Crippen molar-refractivity contribution < 1.29 is 4.79 Å². The van der Waals surface area contributed by atoms with Crippen molar-refractivity contribution >= 4 is 5.78 Å². The zero-order valence-electron chi connectivity index (χ0n) is 9.92. The second-order valence-corrected chi connectivity index (χ2v) is 4.66. The SMILES string of the molecule is Cc1cccc(C(=O)C(C)(C)CN)c1C. The van der Waals surface area contributed by atoms with Gasteiger partial charge in [0.05, 0.1) is 0 Å². The van der Waals surface area contributed by atoms with Crippen molar-refractivity contribution in [3.8, 4) is 0 Å². The maximum Gasteiger partial charge on any atom is 0.169 e. The van der Waals surface area contributed by atoms with Crippen LogP contribution in [0.2, 0.25) is 0 Å². The van der Waals surface area contributed by atoms with Gasteiger partial charge in [-0.1, -0.05) is 32.0 Å². The first-order valence-electron chi connectivity index (χ1n) is 5.21. The third-order valence-corrected chi connectivity index (χ3v) is 2.97. The van der Waals surface area contributed by atoms with Gasteiger partial charge in [0.15, 0.2) is 5.78 Å². The van der Waals surface area contributed by atoms with Crippen LogP contribution < -0.4 is 5.73 Å². The maximum atomic E-state index is 12.2. The Hall–Kier alpha value is -1.15. The summed E-state index contributed by atoms with van der Waals surface area (Å²) in [6.07, 6.45) is 0. The second-order valence-electron chi connectivity index (χ2n) is 4.66. The number of Topliss-reactive ketones (excluding diaryl/α,β-unsaturated/α-hetero) is 1. The van der Waals surface area contributed by atoms with E-state index in [9.17, 15) is 4.79 Å². The lowest BCUT2D eigenvalue weighted by Gasteiger charge is -2.22. The van der Waals surface area contributed by atoms with Crippen molar-refractivity contribution in [1.29, 1.82) is 0 Å². The van der Waals surface area contributed by atoms with Gasteiger partial charge in [-0.3, -0.25) is 4.79 Å². The molecule has 0 aliphatic rings. The van der Waals surface area contributed by atoms with Crippen LogP contribution in [-0.2, 0) is 0 Å². The Labute approximate surface area is 91.5 Å². The highest BCUT2D eigenvalue weighted by Crippen LogP contribution is 2.23. The number of ketones is 1. The Bertz CT molecular complexity index is 380. The van der Waals surface area contributed by atoms with Crippen molar-refractivity contribution in [1.82, 2.24) is 0 Å². The third-order valence-electron chi connectivity index (χ3n) is 2.97. The first-order valence-corrected chi connectivity index (χ1v) is 5.21. The molecule has 0 aliphatic heterocycles. The van der Waals surface area contributed by atoms with Gasteiger partial charge >= 0.3 is 0 Å². The molecule has 2 nitrogen and oxygen atoms in total. The normalized spacial score (nSPS) is 11.5. The summed E-state index contributed by atoms with van der Waals surface area (Å²) >= 11 is 0. The van der Waals surface area contributed by atoms with Gasteiger partial charge in [-0.05, 0) is 25.0 Å². The van der Waals surface area contributed by atoms with Crippen LogP contribution in [0.5, 0.6) is 0 Å². The second kappa shape index (κ2) is 4.15. The quantitative estimate of drug-likeness (QED) is 0.770. The van der Waals surface area contributed by atoms with E-state index in [1.165, 1.54) is 0 Å². The summed E-state index contributed by atoms with van der Waals surface area (Å²) in [7, 11) is 0. The van der Waals surface area contributed by atoms with E-state index in [-0.39, 0.29) is 5.78 Å². The highest BCUT2D eigenvalue weighted by molar-refractivity contribution is 6.01. The molecule has 2 heteroatoms. The Kier molecular flexibility index (Phi) is 3.30. The number of benzene rings is 1. The lowest BCUT2D eigenvalue weighted by atomic mass is 9.82. The molecule has 0 spiro atoms. The zero-order chi connectivity index (χ0) is 11.6. The maximum absolute atomic E-state index is 12.2. The number of carbonyl (C=O) groups excluding carboxylic acids is 1. The van der Waals surface area contributed by atoms with Crippen LogP contribution in [-0.4, -0.2) is 12.3 Å². The van der Waals surface area contributed by atoms with Crippen molar-refractivity contribution in [3.05, 3.63) is 34.9 Å². The average Bonchev–Trinajstić information content (AvgIpc) is 2.21. The first kappa shape index (κ1) is 11.9. The van der Waals surface area contributed by atoms with E-state index in [0.717, 1.165) is 16.7 Å². The van der Waals surface area contributed by atoms with Crippen molar-refractivity contribution in [3.63, 3.8) is 0 Å². The van der Waals surface area contributed by atoms with Gasteiger partial charge in [-0.2, -0.15) is 0 Å². The Morgan fingerprint density at radius 2 is 1.93 bits per heavy atom. The van der Waals surface area contributed by atoms with E-state index in [1.54, 1.807) is 0 Å². The lowest BCUT2D eigenvalue weighted by molar-refractivity contribution is 0.0847. The first-order chi connectivity index (χ1) is 6.90. The molecule has 1 aromatic carbocycles. The van der Waals surface area contributed by atoms with Gasteiger partial charge in [0.2, 0.25) is 0 Å². The molecule has 0 aliphatic carbocycles. The average molecular weight is 205 g/mol. The van der Waals surface area contributed by atoms with Gasteiger partial charge in [0, 0.05) is 17.5 Å². The van der Waals surface area contributed by atoms with Crippen LogP contribution in [0, 0.1) is 19.3 Å². The molecule has 15 heavy (non-hydrogen) atoms. The standard InChI is InChI=1S/C13H19NO/c1-9-6-5-7-11(10(9)2)12(15)13(3,4)8-14/h5-7H,8,14H2,1-4H3. The monoisotopic (exact) mass is 205 g/mol. The predicted molar refractivity (Wildman–Crippen MR) is 63.1 cm³/mol. The highest BCUT2D eigenvalue weighted by atomic mass is 16.1. The smallest absolute Gasteiger partial charge is 0.169 e. The molecule has 0 aromatic heterocycles. The molecule has 1 rings (SSSR count). The van der Waals surface area contributed by atoms with E-state index in [4.69, 9.17) is 5.73 Å². The number of carbonyl (C=O) groups is 1. The van der Waals surface area contributed by atoms with Crippen LogP contribution in [0.4, 0.5) is 0 Å². The van der Waals surface area contributed by atoms with Gasteiger partial charge in [-0.15, -0.1) is 0 Å². The highest BCUT2D eigenvalue weighted by Gasteiger charge is 2.27. The molecule has 0 fully saturated rings. The lowest BCUT2D eigenvalue weighted by Crippen LogP contribution is -2.33. The predicted octanol–water partition coefficient (Wildman–Crippen LogP) is 2.47. The molecule has 0 heterocycles. The van der Waals surface area contributed by atoms with Crippen LogP contribution in [0.25, 0.3) is 0 Å². The number of rotatable bonds is 3. The van der Waals surface area contributed by atoms with Crippen molar-refractivity contribution in [2.45, 2.75) is 27.7 Å². The molecular weight excluding hydrogens is 186 g/mol. The summed E-state index contributed by atoms with van der Waals surface area (Å²) in [6, 6.07) is 5.81. The summed E-state index contributed by atoms with van der Waals surface area (Å²) in [5.74, 6) is 0.131. The fourth-order valence-electron chi connectivity index (χ4n) is 1.45. The number of hydrogen-bond acceptors (Lipinski definition) is 2. The summed E-state index contributed by atoms with van der Waals surface area (Å²) in [6.45, 7) is 8.14. The van der Waals surface area contributed by atoms with Gasteiger partial charge in [-0.25, -0.2) is 0 Å². The molecule has 0 saturated carbocycles. The minimum absolute atomic E-state index is 0.131. The minimum Gasteiger partial charge on any atom is -0.329 e. The van der Waals surface area contributed by atoms with E-state index >= 15 is 0 Å². The number of hydrogen-bond donors (Lipinski definition) is 1. The molecule has 82 valence electrons. The van der Waals surface area contributed by atoms with Crippen molar-refractivity contribution in [2.24, 2.45) is 11.1 Å². The fraction of sp³-hybridized carbons (Fsp3) is 0.462. The van der Waals surface area contributed by atoms with Crippen molar-refractivity contribution in [2.75, 3.05) is 6.54 Å². The Morgan fingerprint density at radius 3 is 2.47 bits per heavy atom. The minimum atomic E-state index is -0.474. The molecule has 0 bridgehead atoms. The molecule has 0 atom stereocenters. The van der Waals surface area contributed by atoms with E-state index < -0.39 is 5.41 Å².